The van der Waals surface area contributed by atoms with Gasteiger partial charge >= 0.3 is 0 Å². The van der Waals surface area contributed by atoms with E-state index in [9.17, 15) is 5.11 Å². The predicted molar refractivity (Wildman–Crippen MR) is 63.4 cm³/mol. The van der Waals surface area contributed by atoms with Crippen LogP contribution in [-0.2, 0) is 4.74 Å². The summed E-state index contributed by atoms with van der Waals surface area (Å²) < 4.78 is 7.03. The van der Waals surface area contributed by atoms with Crippen molar-refractivity contribution in [3.63, 3.8) is 0 Å². The zero-order chi connectivity index (χ0) is 11.7. The highest BCUT2D eigenvalue weighted by Crippen LogP contribution is 2.29. The lowest BCUT2D eigenvalue weighted by Gasteiger charge is -2.18. The van der Waals surface area contributed by atoms with Crippen LogP contribution >= 0.6 is 0 Å². The van der Waals surface area contributed by atoms with Crippen LogP contribution in [-0.4, -0.2) is 21.3 Å². The van der Waals surface area contributed by atoms with Crippen molar-refractivity contribution in [1.29, 1.82) is 0 Å². The minimum Gasteiger partial charge on any atom is -0.501 e. The van der Waals surface area contributed by atoms with E-state index in [1.54, 1.807) is 17.0 Å². The number of rotatable bonds is 2. The normalized spacial score (nSPS) is 17.6. The average Bonchev–Trinajstić information content (AvgIpc) is 2.83. The Morgan fingerprint density at radius 1 is 1.41 bits per heavy atom. The Labute approximate surface area is 99.1 Å². The van der Waals surface area contributed by atoms with E-state index in [0.29, 0.717) is 0 Å². The molecule has 4 nitrogen and oxygen atoms in total. The van der Waals surface area contributed by atoms with Gasteiger partial charge in [0.2, 0.25) is 0 Å². The molecular weight excluding hydrogens is 216 g/mol. The predicted octanol–water partition coefficient (Wildman–Crippen LogP) is 2.06. The van der Waals surface area contributed by atoms with Gasteiger partial charge in [-0.25, -0.2) is 4.52 Å². The van der Waals surface area contributed by atoms with Crippen molar-refractivity contribution in [2.24, 2.45) is 0 Å². The van der Waals surface area contributed by atoms with Crippen LogP contribution < -0.4 is 0 Å². The van der Waals surface area contributed by atoms with Gasteiger partial charge in [-0.15, -0.1) is 0 Å². The number of fused-ring (bicyclic) bond motifs is 1. The molecule has 0 aromatic carbocycles. The monoisotopic (exact) mass is 230 g/mol. The second kappa shape index (κ2) is 4.22. The first-order chi connectivity index (χ1) is 8.36. The van der Waals surface area contributed by atoms with Crippen LogP contribution in [0.5, 0.6) is 0 Å². The highest BCUT2D eigenvalue weighted by Gasteiger charge is 2.19. The molecule has 0 amide bonds. The number of hydrogen-bond acceptors (Lipinski definition) is 3. The zero-order valence-electron chi connectivity index (χ0n) is 9.41. The lowest BCUT2D eigenvalue weighted by Crippen LogP contribution is -2.07. The van der Waals surface area contributed by atoms with E-state index < -0.39 is 6.10 Å². The van der Waals surface area contributed by atoms with Crippen LogP contribution in [0.1, 0.15) is 24.5 Å². The molecule has 0 saturated heterocycles. The maximum atomic E-state index is 10.3. The number of aliphatic hydroxyl groups excluding tert-OH is 1. The number of nitrogens with zero attached hydrogens (tertiary/aromatic N) is 2. The molecule has 2 aromatic rings. The number of aromatic nitrogens is 2. The van der Waals surface area contributed by atoms with E-state index in [2.05, 4.69) is 5.10 Å². The highest BCUT2D eigenvalue weighted by atomic mass is 16.5. The van der Waals surface area contributed by atoms with E-state index in [4.69, 9.17) is 4.74 Å². The van der Waals surface area contributed by atoms with Gasteiger partial charge in [0, 0.05) is 11.8 Å². The van der Waals surface area contributed by atoms with Gasteiger partial charge in [-0.05, 0) is 30.5 Å². The van der Waals surface area contributed by atoms with Crippen LogP contribution in [0, 0.1) is 0 Å². The summed E-state index contributed by atoms with van der Waals surface area (Å²) in [5, 5.41) is 14.6. The summed E-state index contributed by atoms with van der Waals surface area (Å²) in [6, 6.07) is 5.81. The summed E-state index contributed by atoms with van der Waals surface area (Å²) >= 11 is 0. The summed E-state index contributed by atoms with van der Waals surface area (Å²) in [7, 11) is 0. The fourth-order valence-electron chi connectivity index (χ4n) is 2.15. The summed E-state index contributed by atoms with van der Waals surface area (Å²) in [4.78, 5) is 0. The molecular formula is C13H14N2O2. The lowest BCUT2D eigenvalue weighted by atomic mass is 9.99. The van der Waals surface area contributed by atoms with Gasteiger partial charge in [0.05, 0.1) is 24.6 Å². The van der Waals surface area contributed by atoms with E-state index >= 15 is 0 Å². The summed E-state index contributed by atoms with van der Waals surface area (Å²) in [6.07, 6.45) is 6.50. The van der Waals surface area contributed by atoms with Crippen LogP contribution in [0.3, 0.4) is 0 Å². The largest absolute Gasteiger partial charge is 0.501 e. The Balaban J connectivity index is 2.00. The molecule has 1 unspecified atom stereocenters. The van der Waals surface area contributed by atoms with Crippen LogP contribution in [0.4, 0.5) is 0 Å². The summed E-state index contributed by atoms with van der Waals surface area (Å²) in [5.74, 6) is 0. The van der Waals surface area contributed by atoms with E-state index in [-0.39, 0.29) is 0 Å². The van der Waals surface area contributed by atoms with E-state index in [0.717, 1.165) is 36.1 Å². The highest BCUT2D eigenvalue weighted by molar-refractivity contribution is 5.56. The van der Waals surface area contributed by atoms with Crippen LogP contribution in [0.25, 0.3) is 5.52 Å². The molecule has 0 spiro atoms. The topological polar surface area (TPSA) is 46.8 Å². The van der Waals surface area contributed by atoms with Gasteiger partial charge in [-0.2, -0.15) is 5.10 Å². The Hall–Kier alpha value is -1.81. The third-order valence-corrected chi connectivity index (χ3v) is 3.06. The van der Waals surface area contributed by atoms with Crippen molar-refractivity contribution in [2.45, 2.75) is 18.9 Å². The molecule has 17 heavy (non-hydrogen) atoms. The molecule has 4 heteroatoms. The summed E-state index contributed by atoms with van der Waals surface area (Å²) in [6.45, 7) is 0.741. The van der Waals surface area contributed by atoms with Gasteiger partial charge in [0.25, 0.3) is 0 Å². The van der Waals surface area contributed by atoms with E-state index in [1.165, 1.54) is 0 Å². The first kappa shape index (κ1) is 10.4. The molecule has 0 saturated carbocycles. The first-order valence-corrected chi connectivity index (χ1v) is 5.77. The molecule has 3 rings (SSSR count). The maximum absolute atomic E-state index is 10.3. The lowest BCUT2D eigenvalue weighted by molar-refractivity contribution is 0.171. The number of ether oxygens (including phenoxy) is 1. The SMILES string of the molecule is OC(C1=COCCC1)c1cnn2ccccc12. The van der Waals surface area contributed by atoms with Gasteiger partial charge in [0.15, 0.2) is 0 Å². The Morgan fingerprint density at radius 2 is 2.35 bits per heavy atom. The second-order valence-corrected chi connectivity index (χ2v) is 4.20. The molecule has 0 radical (unpaired) electrons. The van der Waals surface area contributed by atoms with Gasteiger partial charge in [-0.1, -0.05) is 6.07 Å². The van der Waals surface area contributed by atoms with Crippen molar-refractivity contribution in [3.8, 4) is 0 Å². The van der Waals surface area contributed by atoms with Gasteiger partial charge < -0.3 is 9.84 Å². The zero-order valence-corrected chi connectivity index (χ0v) is 9.41. The fraction of sp³-hybridized carbons (Fsp3) is 0.308. The number of hydrogen-bond donors (Lipinski definition) is 1. The second-order valence-electron chi connectivity index (χ2n) is 4.20. The molecule has 1 N–H and O–H groups in total. The average molecular weight is 230 g/mol. The van der Waals surface area contributed by atoms with Crippen molar-refractivity contribution in [2.75, 3.05) is 6.61 Å². The molecule has 0 fully saturated rings. The maximum Gasteiger partial charge on any atom is 0.107 e. The molecule has 0 aliphatic carbocycles. The van der Waals surface area contributed by atoms with Crippen molar-refractivity contribution in [3.05, 3.63) is 48.0 Å². The van der Waals surface area contributed by atoms with Crippen molar-refractivity contribution in [1.82, 2.24) is 9.61 Å². The molecule has 1 aliphatic heterocycles. The first-order valence-electron chi connectivity index (χ1n) is 5.77. The quantitative estimate of drug-likeness (QED) is 0.859. The molecule has 1 atom stereocenters. The molecule has 88 valence electrons. The van der Waals surface area contributed by atoms with E-state index in [1.807, 2.05) is 24.4 Å². The summed E-state index contributed by atoms with van der Waals surface area (Å²) in [5.41, 5.74) is 2.70. The number of pyridine rings is 1. The number of aliphatic hydroxyl groups is 1. The smallest absolute Gasteiger partial charge is 0.107 e. The Bertz CT molecular complexity index is 559. The third kappa shape index (κ3) is 1.80. The minimum absolute atomic E-state index is 0.616. The van der Waals surface area contributed by atoms with Crippen LogP contribution in [0.2, 0.25) is 0 Å². The van der Waals surface area contributed by atoms with Gasteiger partial charge in [0.1, 0.15) is 6.10 Å². The molecule has 0 bridgehead atoms. The molecule has 1 aliphatic rings. The van der Waals surface area contributed by atoms with Crippen molar-refractivity contribution < 1.29 is 9.84 Å². The standard InChI is InChI=1S/C13H14N2O2/c16-13(10-4-3-7-17-9-10)11-8-14-15-6-2-1-5-12(11)15/h1-2,5-6,8-9,13,16H,3-4,7H2. The molecule has 2 aromatic heterocycles. The Morgan fingerprint density at radius 3 is 3.18 bits per heavy atom. The Kier molecular flexibility index (Phi) is 2.57. The third-order valence-electron chi connectivity index (χ3n) is 3.06. The van der Waals surface area contributed by atoms with Crippen molar-refractivity contribution >= 4 is 5.52 Å². The molecule has 3 heterocycles. The van der Waals surface area contributed by atoms with Gasteiger partial charge in [-0.3, -0.25) is 0 Å². The minimum atomic E-state index is -0.616. The fourth-order valence-corrected chi connectivity index (χ4v) is 2.15. The van der Waals surface area contributed by atoms with Crippen LogP contribution in [0.15, 0.2) is 42.4 Å².